The van der Waals surface area contributed by atoms with Gasteiger partial charge in [-0.2, -0.15) is 0 Å². The van der Waals surface area contributed by atoms with Crippen molar-refractivity contribution in [2.24, 2.45) is 5.92 Å². The zero-order valence-electron chi connectivity index (χ0n) is 14.1. The topological polar surface area (TPSA) is 29.1 Å². The summed E-state index contributed by atoms with van der Waals surface area (Å²) in [6.07, 6.45) is 9.33. The Morgan fingerprint density at radius 1 is 1.22 bits per heavy atom. The van der Waals surface area contributed by atoms with E-state index >= 15 is 0 Å². The van der Waals surface area contributed by atoms with Crippen LogP contribution in [0.25, 0.3) is 5.70 Å². The van der Waals surface area contributed by atoms with E-state index in [0.29, 0.717) is 0 Å². The zero-order valence-corrected chi connectivity index (χ0v) is 14.1. The number of hydrogen-bond acceptors (Lipinski definition) is 2. The molecule has 2 nitrogen and oxygen atoms in total. The minimum atomic E-state index is -0.212. The van der Waals surface area contributed by atoms with E-state index in [9.17, 15) is 9.18 Å². The third-order valence-corrected chi connectivity index (χ3v) is 5.01. The number of halogens is 1. The van der Waals surface area contributed by atoms with Crippen molar-refractivity contribution in [3.63, 3.8) is 0 Å². The Morgan fingerprint density at radius 2 is 1.91 bits per heavy atom. The molecule has 1 saturated carbocycles. The van der Waals surface area contributed by atoms with Gasteiger partial charge in [0.2, 0.25) is 0 Å². The Hall–Kier alpha value is -1.64. The van der Waals surface area contributed by atoms with E-state index in [4.69, 9.17) is 0 Å². The van der Waals surface area contributed by atoms with E-state index in [1.807, 2.05) is 0 Å². The first-order valence-corrected chi connectivity index (χ1v) is 8.77. The molecule has 1 aliphatic heterocycles. The molecule has 0 bridgehead atoms. The fraction of sp³-hybridized carbons (Fsp3) is 0.550. The average Bonchev–Trinajstić information content (AvgIpc) is 2.74. The maximum Gasteiger partial charge on any atom is 0.160 e. The molecule has 1 N–H and O–H groups in total. The number of ketones is 1. The van der Waals surface area contributed by atoms with Crippen molar-refractivity contribution in [3.8, 4) is 0 Å². The van der Waals surface area contributed by atoms with Crippen LogP contribution in [0, 0.1) is 11.7 Å². The molecule has 0 spiro atoms. The van der Waals surface area contributed by atoms with E-state index in [1.165, 1.54) is 18.9 Å². The van der Waals surface area contributed by atoms with Gasteiger partial charge >= 0.3 is 0 Å². The van der Waals surface area contributed by atoms with Gasteiger partial charge in [0.25, 0.3) is 0 Å². The van der Waals surface area contributed by atoms with Crippen molar-refractivity contribution in [2.75, 3.05) is 0 Å². The molecule has 2 aliphatic rings. The SMILES string of the molecule is CC1(C)Cc2cc(F)ccc2/C(=C/C(=O)C2CCCCCC2)N1. The van der Waals surface area contributed by atoms with Gasteiger partial charge in [-0.15, -0.1) is 0 Å². The second kappa shape index (κ2) is 6.46. The summed E-state index contributed by atoms with van der Waals surface area (Å²) in [5.41, 5.74) is 2.63. The normalized spacial score (nSPS) is 23.0. The number of allylic oxidation sites excluding steroid dienone is 1. The fourth-order valence-electron chi connectivity index (χ4n) is 3.86. The van der Waals surface area contributed by atoms with E-state index in [2.05, 4.69) is 19.2 Å². The summed E-state index contributed by atoms with van der Waals surface area (Å²) in [5, 5.41) is 3.47. The van der Waals surface area contributed by atoms with Gasteiger partial charge in [-0.05, 0) is 56.9 Å². The summed E-state index contributed by atoms with van der Waals surface area (Å²) < 4.78 is 13.6. The second-order valence-electron chi connectivity index (χ2n) is 7.64. The van der Waals surface area contributed by atoms with E-state index in [-0.39, 0.29) is 23.1 Å². The Kier molecular flexibility index (Phi) is 4.56. The van der Waals surface area contributed by atoms with Crippen LogP contribution in [0.15, 0.2) is 24.3 Å². The molecule has 1 aromatic rings. The largest absolute Gasteiger partial charge is 0.379 e. The molecule has 3 rings (SSSR count). The Morgan fingerprint density at radius 3 is 2.61 bits per heavy atom. The molecule has 0 radical (unpaired) electrons. The molecule has 0 atom stereocenters. The number of nitrogens with one attached hydrogen (secondary N) is 1. The summed E-state index contributed by atoms with van der Waals surface area (Å²) in [5.74, 6) is 0.166. The molecule has 0 aromatic heterocycles. The van der Waals surface area contributed by atoms with Gasteiger partial charge in [0.15, 0.2) is 5.78 Å². The predicted octanol–water partition coefficient (Wildman–Crippen LogP) is 4.63. The first-order valence-electron chi connectivity index (χ1n) is 8.77. The average molecular weight is 315 g/mol. The molecule has 0 unspecified atom stereocenters. The molecule has 1 aromatic carbocycles. The summed E-state index contributed by atoms with van der Waals surface area (Å²) in [6, 6.07) is 4.86. The van der Waals surface area contributed by atoms with E-state index < -0.39 is 0 Å². The first-order chi connectivity index (χ1) is 10.9. The van der Waals surface area contributed by atoms with Gasteiger partial charge in [-0.3, -0.25) is 4.79 Å². The van der Waals surface area contributed by atoms with Crippen LogP contribution in [0.1, 0.15) is 63.5 Å². The third kappa shape index (κ3) is 3.82. The number of carbonyl (C=O) groups excluding carboxylic acids is 1. The highest BCUT2D eigenvalue weighted by Crippen LogP contribution is 2.31. The van der Waals surface area contributed by atoms with Crippen molar-refractivity contribution in [1.29, 1.82) is 0 Å². The lowest BCUT2D eigenvalue weighted by Gasteiger charge is -2.35. The summed E-state index contributed by atoms with van der Waals surface area (Å²) >= 11 is 0. The molecule has 124 valence electrons. The fourth-order valence-corrected chi connectivity index (χ4v) is 3.86. The quantitative estimate of drug-likeness (QED) is 0.637. The predicted molar refractivity (Wildman–Crippen MR) is 91.5 cm³/mol. The molecular formula is C20H26FNO. The molecule has 0 amide bonds. The van der Waals surface area contributed by atoms with Crippen LogP contribution in [0.3, 0.4) is 0 Å². The van der Waals surface area contributed by atoms with Crippen molar-refractivity contribution in [2.45, 2.75) is 64.3 Å². The van der Waals surface area contributed by atoms with Gasteiger partial charge in [0.05, 0.1) is 0 Å². The third-order valence-electron chi connectivity index (χ3n) is 5.01. The first kappa shape index (κ1) is 16.2. The van der Waals surface area contributed by atoms with Gasteiger partial charge < -0.3 is 5.32 Å². The van der Waals surface area contributed by atoms with Crippen molar-refractivity contribution in [1.82, 2.24) is 5.32 Å². The van der Waals surface area contributed by atoms with Crippen LogP contribution in [-0.2, 0) is 11.2 Å². The van der Waals surface area contributed by atoms with Crippen LogP contribution in [0.5, 0.6) is 0 Å². The van der Waals surface area contributed by atoms with Crippen molar-refractivity contribution >= 4 is 11.5 Å². The molecule has 1 fully saturated rings. The van der Waals surface area contributed by atoms with Crippen molar-refractivity contribution < 1.29 is 9.18 Å². The van der Waals surface area contributed by atoms with Crippen LogP contribution in [-0.4, -0.2) is 11.3 Å². The van der Waals surface area contributed by atoms with Gasteiger partial charge in [-0.25, -0.2) is 4.39 Å². The number of hydrogen-bond donors (Lipinski definition) is 1. The molecular weight excluding hydrogens is 289 g/mol. The molecule has 3 heteroatoms. The lowest BCUT2D eigenvalue weighted by atomic mass is 9.84. The van der Waals surface area contributed by atoms with Crippen LogP contribution in [0.2, 0.25) is 0 Å². The highest BCUT2D eigenvalue weighted by molar-refractivity contribution is 5.98. The molecule has 23 heavy (non-hydrogen) atoms. The number of rotatable bonds is 2. The van der Waals surface area contributed by atoms with Gasteiger partial charge in [-0.1, -0.05) is 25.7 Å². The molecule has 0 saturated heterocycles. The Labute approximate surface area is 138 Å². The lowest BCUT2D eigenvalue weighted by molar-refractivity contribution is -0.118. The second-order valence-corrected chi connectivity index (χ2v) is 7.64. The summed E-state index contributed by atoms with van der Waals surface area (Å²) in [7, 11) is 0. The van der Waals surface area contributed by atoms with Crippen LogP contribution >= 0.6 is 0 Å². The van der Waals surface area contributed by atoms with E-state index in [1.54, 1.807) is 18.2 Å². The standard InChI is InChI=1S/C20H26FNO/c1-20(2)13-15-11-16(21)9-10-17(15)18(22-20)12-19(23)14-7-5-3-4-6-8-14/h9-12,14,22H,3-8,13H2,1-2H3/b18-12-. The Balaban J connectivity index is 1.90. The maximum absolute atomic E-state index is 13.6. The molecule has 1 heterocycles. The lowest BCUT2D eigenvalue weighted by Crippen LogP contribution is -2.44. The smallest absolute Gasteiger partial charge is 0.160 e. The van der Waals surface area contributed by atoms with E-state index in [0.717, 1.165) is 48.9 Å². The summed E-state index contributed by atoms with van der Waals surface area (Å²) in [4.78, 5) is 12.7. The number of carbonyl (C=O) groups is 1. The number of benzene rings is 1. The summed E-state index contributed by atoms with van der Waals surface area (Å²) in [6.45, 7) is 4.18. The highest BCUT2D eigenvalue weighted by Gasteiger charge is 2.29. The minimum absolute atomic E-state index is 0.153. The van der Waals surface area contributed by atoms with Crippen LogP contribution in [0.4, 0.5) is 4.39 Å². The minimum Gasteiger partial charge on any atom is -0.379 e. The van der Waals surface area contributed by atoms with Crippen molar-refractivity contribution in [3.05, 3.63) is 41.2 Å². The monoisotopic (exact) mass is 315 g/mol. The number of fused-ring (bicyclic) bond motifs is 1. The van der Waals surface area contributed by atoms with Gasteiger partial charge in [0.1, 0.15) is 5.82 Å². The Bertz CT molecular complexity index is 625. The molecule has 1 aliphatic carbocycles. The van der Waals surface area contributed by atoms with Gasteiger partial charge in [0, 0.05) is 28.8 Å². The maximum atomic E-state index is 13.6. The zero-order chi connectivity index (χ0) is 16.4. The van der Waals surface area contributed by atoms with Crippen LogP contribution < -0.4 is 5.32 Å². The highest BCUT2D eigenvalue weighted by atomic mass is 19.1.